The molecule has 3 heterocycles. The number of methoxy groups -OCH3 is 2. The smallest absolute Gasteiger partial charge is 0.253 e. The van der Waals surface area contributed by atoms with E-state index in [1.165, 1.54) is 4.90 Å². The highest BCUT2D eigenvalue weighted by molar-refractivity contribution is 6.24. The monoisotopic (exact) mass is 393 g/mol. The molecule has 3 aliphatic heterocycles. The van der Waals surface area contributed by atoms with Crippen LogP contribution in [0, 0.1) is 5.92 Å². The average Bonchev–Trinajstić information content (AvgIpc) is 3.40. The van der Waals surface area contributed by atoms with E-state index in [0.717, 1.165) is 30.8 Å². The van der Waals surface area contributed by atoms with Crippen molar-refractivity contribution in [3.8, 4) is 11.5 Å². The molecular formula is C22H23N3O4. The lowest BCUT2D eigenvalue weighted by Gasteiger charge is -2.30. The summed E-state index contributed by atoms with van der Waals surface area (Å²) < 4.78 is 10.8. The van der Waals surface area contributed by atoms with Gasteiger partial charge in [0, 0.05) is 18.7 Å². The third kappa shape index (κ3) is 2.58. The Morgan fingerprint density at radius 3 is 2.21 bits per heavy atom. The van der Waals surface area contributed by atoms with Gasteiger partial charge in [0.15, 0.2) is 0 Å². The Balaban J connectivity index is 1.57. The van der Waals surface area contributed by atoms with Crippen LogP contribution in [0.4, 0.5) is 5.69 Å². The van der Waals surface area contributed by atoms with Crippen molar-refractivity contribution in [3.63, 3.8) is 0 Å². The maximum absolute atomic E-state index is 13.5. The highest BCUT2D eigenvalue weighted by Crippen LogP contribution is 2.50. The number of benzene rings is 2. The lowest BCUT2D eigenvalue weighted by atomic mass is 9.89. The molecule has 0 bridgehead atoms. The summed E-state index contributed by atoms with van der Waals surface area (Å²) in [5.41, 5.74) is 1.53. The second-order valence-corrected chi connectivity index (χ2v) is 7.55. The van der Waals surface area contributed by atoms with Gasteiger partial charge < -0.3 is 9.47 Å². The summed E-state index contributed by atoms with van der Waals surface area (Å²) >= 11 is 0. The van der Waals surface area contributed by atoms with Gasteiger partial charge in [-0.1, -0.05) is 18.2 Å². The van der Waals surface area contributed by atoms with Crippen molar-refractivity contribution >= 4 is 17.5 Å². The quantitative estimate of drug-likeness (QED) is 0.743. The van der Waals surface area contributed by atoms with E-state index >= 15 is 0 Å². The van der Waals surface area contributed by atoms with E-state index in [9.17, 15) is 9.59 Å². The molecule has 0 unspecified atom stereocenters. The number of ether oxygens (including phenoxy) is 2. The zero-order valence-electron chi connectivity index (χ0n) is 16.4. The van der Waals surface area contributed by atoms with Gasteiger partial charge in [0.2, 0.25) is 5.91 Å². The van der Waals surface area contributed by atoms with Crippen LogP contribution in [0.1, 0.15) is 18.0 Å². The van der Waals surface area contributed by atoms with Gasteiger partial charge in [0.1, 0.15) is 17.5 Å². The van der Waals surface area contributed by atoms with E-state index in [2.05, 4.69) is 10.0 Å². The van der Waals surface area contributed by atoms with Crippen molar-refractivity contribution in [2.24, 2.45) is 5.92 Å². The summed E-state index contributed by atoms with van der Waals surface area (Å²) in [5.74, 6) is 0.657. The minimum absolute atomic E-state index is 0.157. The molecule has 0 saturated carbocycles. The maximum atomic E-state index is 13.5. The molecule has 5 rings (SSSR count). The van der Waals surface area contributed by atoms with Gasteiger partial charge >= 0.3 is 0 Å². The van der Waals surface area contributed by atoms with Crippen LogP contribution in [-0.4, -0.2) is 55.2 Å². The maximum Gasteiger partial charge on any atom is 0.253 e. The van der Waals surface area contributed by atoms with Gasteiger partial charge in [0.05, 0.1) is 31.9 Å². The largest absolute Gasteiger partial charge is 0.497 e. The number of imide groups is 1. The Morgan fingerprint density at radius 1 is 0.828 bits per heavy atom. The molecule has 3 fully saturated rings. The highest BCUT2D eigenvalue weighted by atomic mass is 16.5. The van der Waals surface area contributed by atoms with Gasteiger partial charge in [-0.05, 0) is 36.8 Å². The van der Waals surface area contributed by atoms with Crippen LogP contribution < -0.4 is 14.4 Å². The first-order valence-electron chi connectivity index (χ1n) is 9.83. The number of para-hydroxylation sites is 1. The Bertz CT molecular complexity index is 961. The molecule has 0 aromatic heterocycles. The predicted octanol–water partition coefficient (Wildman–Crippen LogP) is 2.24. The summed E-state index contributed by atoms with van der Waals surface area (Å²) in [4.78, 5) is 28.3. The second-order valence-electron chi connectivity index (χ2n) is 7.55. The van der Waals surface area contributed by atoms with Crippen LogP contribution in [0.25, 0.3) is 0 Å². The molecule has 0 aliphatic carbocycles. The van der Waals surface area contributed by atoms with Gasteiger partial charge in [0.25, 0.3) is 5.91 Å². The van der Waals surface area contributed by atoms with E-state index in [0.29, 0.717) is 11.4 Å². The first-order chi connectivity index (χ1) is 14.2. The molecular weight excluding hydrogens is 370 g/mol. The molecule has 2 amide bonds. The van der Waals surface area contributed by atoms with E-state index in [-0.39, 0.29) is 17.9 Å². The lowest BCUT2D eigenvalue weighted by molar-refractivity contribution is -0.126. The number of rotatable bonds is 4. The molecule has 0 N–H and O–H groups in total. The molecule has 150 valence electrons. The van der Waals surface area contributed by atoms with E-state index in [4.69, 9.17) is 9.47 Å². The van der Waals surface area contributed by atoms with Crippen LogP contribution in [0.3, 0.4) is 0 Å². The number of carbonyl (C=O) groups excluding carboxylic acids is 2. The molecule has 3 saturated heterocycles. The zero-order chi connectivity index (χ0) is 20.1. The summed E-state index contributed by atoms with van der Waals surface area (Å²) in [6.07, 6.45) is 0.971. The summed E-state index contributed by atoms with van der Waals surface area (Å²) in [7, 11) is 3.23. The molecule has 0 spiro atoms. The average molecular weight is 393 g/mol. The van der Waals surface area contributed by atoms with Crippen molar-refractivity contribution in [3.05, 3.63) is 54.1 Å². The molecule has 7 heteroatoms. The fourth-order valence-corrected chi connectivity index (χ4v) is 4.98. The number of hydrogen-bond donors (Lipinski definition) is 0. The predicted molar refractivity (Wildman–Crippen MR) is 107 cm³/mol. The molecule has 3 aliphatic rings. The van der Waals surface area contributed by atoms with Crippen LogP contribution in [-0.2, 0) is 9.59 Å². The Morgan fingerprint density at radius 2 is 1.52 bits per heavy atom. The van der Waals surface area contributed by atoms with Crippen LogP contribution in [0.2, 0.25) is 0 Å². The van der Waals surface area contributed by atoms with E-state index in [1.807, 2.05) is 24.3 Å². The number of hydrogen-bond acceptors (Lipinski definition) is 6. The van der Waals surface area contributed by atoms with Gasteiger partial charge in [-0.25, -0.2) is 14.9 Å². The van der Waals surface area contributed by atoms with Crippen molar-refractivity contribution < 1.29 is 19.1 Å². The van der Waals surface area contributed by atoms with Crippen LogP contribution >= 0.6 is 0 Å². The summed E-state index contributed by atoms with van der Waals surface area (Å²) in [5, 5.41) is 4.28. The minimum atomic E-state index is -0.470. The Labute approximate surface area is 169 Å². The fraction of sp³-hybridized carbons (Fsp3) is 0.364. The molecule has 2 aromatic rings. The molecule has 0 radical (unpaired) electrons. The van der Waals surface area contributed by atoms with Gasteiger partial charge in [-0.3, -0.25) is 9.59 Å². The summed E-state index contributed by atoms with van der Waals surface area (Å²) in [6.45, 7) is 1.61. The number of nitrogens with zero attached hydrogens (tertiary/aromatic N) is 3. The minimum Gasteiger partial charge on any atom is -0.497 e. The number of fused-ring (bicyclic) bond motifs is 3. The Hall–Kier alpha value is -2.90. The normalized spacial score (nSPS) is 26.7. The first kappa shape index (κ1) is 18.1. The topological polar surface area (TPSA) is 62.3 Å². The van der Waals surface area contributed by atoms with Crippen molar-refractivity contribution in [2.75, 3.05) is 32.2 Å². The fourth-order valence-electron chi connectivity index (χ4n) is 4.98. The van der Waals surface area contributed by atoms with Crippen molar-refractivity contribution in [1.82, 2.24) is 10.0 Å². The third-order valence-corrected chi connectivity index (χ3v) is 6.19. The number of carbonyl (C=O) groups is 2. The zero-order valence-corrected chi connectivity index (χ0v) is 16.4. The molecule has 7 nitrogen and oxygen atoms in total. The van der Waals surface area contributed by atoms with E-state index < -0.39 is 12.0 Å². The first-order valence-corrected chi connectivity index (χ1v) is 9.83. The van der Waals surface area contributed by atoms with Crippen molar-refractivity contribution in [1.29, 1.82) is 0 Å². The molecule has 29 heavy (non-hydrogen) atoms. The summed E-state index contributed by atoms with van der Waals surface area (Å²) in [6, 6.07) is 14.1. The second kappa shape index (κ2) is 6.86. The SMILES string of the molecule is COc1ccc(N2C(=O)[C@H]3[C@@H](C2=O)N2CCCN2[C@H]3c2ccccc2OC)cc1. The van der Waals surface area contributed by atoms with Gasteiger partial charge in [-0.2, -0.15) is 0 Å². The van der Waals surface area contributed by atoms with Crippen LogP contribution in [0.5, 0.6) is 11.5 Å². The van der Waals surface area contributed by atoms with Gasteiger partial charge in [-0.15, -0.1) is 0 Å². The van der Waals surface area contributed by atoms with E-state index in [1.54, 1.807) is 38.5 Å². The lowest BCUT2D eigenvalue weighted by Crippen LogP contribution is -2.44. The van der Waals surface area contributed by atoms with Crippen LogP contribution in [0.15, 0.2) is 48.5 Å². The number of anilines is 1. The Kier molecular flexibility index (Phi) is 4.29. The highest BCUT2D eigenvalue weighted by Gasteiger charge is 2.63. The number of amides is 2. The standard InChI is InChI=1S/C22H23N3O4/c1-28-15-10-8-14(9-11-15)25-21(26)18-19(16-6-3-4-7-17(16)29-2)23-12-5-13-24(23)20(18)22(25)27/h3-4,6-11,18-20H,5,12-13H2,1-2H3/t18-,19+,20+/m1/s1. The molecule has 3 atom stereocenters. The molecule has 2 aromatic carbocycles. The third-order valence-electron chi connectivity index (χ3n) is 6.19. The van der Waals surface area contributed by atoms with Crippen molar-refractivity contribution in [2.45, 2.75) is 18.5 Å². The number of hydrazine groups is 1.